The van der Waals surface area contributed by atoms with E-state index in [-0.39, 0.29) is 5.69 Å². The summed E-state index contributed by atoms with van der Waals surface area (Å²) >= 11 is 0. The van der Waals surface area contributed by atoms with Crippen LogP contribution in [0.1, 0.15) is 5.69 Å². The summed E-state index contributed by atoms with van der Waals surface area (Å²) in [5, 5.41) is 9.03. The Labute approximate surface area is 69.0 Å². The fourth-order valence-electron chi connectivity index (χ4n) is 1.10. The minimum absolute atomic E-state index is 0.271. The van der Waals surface area contributed by atoms with E-state index in [9.17, 15) is 4.79 Å². The Balaban J connectivity index is 2.88. The molecule has 0 spiro atoms. The highest BCUT2D eigenvalue weighted by Crippen LogP contribution is 2.12. The molecule has 0 unspecified atom stereocenters. The van der Waals surface area contributed by atoms with E-state index in [1.165, 1.54) is 0 Å². The molecule has 0 bridgehead atoms. The molecule has 2 rings (SSSR count). The van der Waals surface area contributed by atoms with Crippen molar-refractivity contribution in [2.24, 2.45) is 0 Å². The van der Waals surface area contributed by atoms with Gasteiger partial charge < -0.3 is 0 Å². The molecule has 0 saturated heterocycles. The molecular formula is C9H5N2O. The Bertz CT molecular complexity index is 420. The number of rotatable bonds is 1. The Morgan fingerprint density at radius 3 is 2.92 bits per heavy atom. The zero-order valence-electron chi connectivity index (χ0n) is 6.19. The van der Waals surface area contributed by atoms with Crippen molar-refractivity contribution in [1.29, 1.82) is 0 Å². The normalized spacial score (nSPS) is 10.0. The van der Waals surface area contributed by atoms with Gasteiger partial charge in [0, 0.05) is 10.8 Å². The van der Waals surface area contributed by atoms with Gasteiger partial charge in [-0.1, -0.05) is 24.3 Å². The van der Waals surface area contributed by atoms with E-state index in [1.54, 1.807) is 12.5 Å². The van der Waals surface area contributed by atoms with Crippen molar-refractivity contribution in [1.82, 2.24) is 10.2 Å². The summed E-state index contributed by atoms with van der Waals surface area (Å²) in [4.78, 5) is 10.4. The molecule has 1 radical (unpaired) electrons. The molecule has 2 aromatic rings. The van der Waals surface area contributed by atoms with Gasteiger partial charge in [0.05, 0.1) is 6.20 Å². The first-order valence-corrected chi connectivity index (χ1v) is 3.50. The molecule has 57 valence electrons. The zero-order chi connectivity index (χ0) is 8.39. The summed E-state index contributed by atoms with van der Waals surface area (Å²) in [6.07, 6.45) is 3.37. The molecule has 0 fully saturated rings. The van der Waals surface area contributed by atoms with Gasteiger partial charge in [-0.3, -0.25) is 4.79 Å². The Morgan fingerprint density at radius 1 is 1.25 bits per heavy atom. The van der Waals surface area contributed by atoms with E-state index in [0.717, 1.165) is 10.8 Å². The van der Waals surface area contributed by atoms with Crippen molar-refractivity contribution >= 4 is 17.1 Å². The van der Waals surface area contributed by atoms with Crippen molar-refractivity contribution in [3.05, 3.63) is 36.2 Å². The number of hydrogen-bond donors (Lipinski definition) is 0. The number of hydrogen-bond acceptors (Lipinski definition) is 3. The molecule has 0 aliphatic rings. The maximum Gasteiger partial charge on any atom is 0.256 e. The van der Waals surface area contributed by atoms with Crippen molar-refractivity contribution in [2.75, 3.05) is 0 Å². The van der Waals surface area contributed by atoms with Crippen LogP contribution in [0.25, 0.3) is 10.8 Å². The highest BCUT2D eigenvalue weighted by atomic mass is 16.1. The summed E-state index contributed by atoms with van der Waals surface area (Å²) in [5.74, 6) is 0. The molecule has 3 heteroatoms. The number of fused-ring (bicyclic) bond motifs is 1. The van der Waals surface area contributed by atoms with Crippen LogP contribution in [0.3, 0.4) is 0 Å². The first-order valence-electron chi connectivity index (χ1n) is 3.50. The van der Waals surface area contributed by atoms with E-state index in [1.807, 2.05) is 24.3 Å². The topological polar surface area (TPSA) is 42.9 Å². The van der Waals surface area contributed by atoms with Crippen molar-refractivity contribution in [3.8, 4) is 0 Å². The summed E-state index contributed by atoms with van der Waals surface area (Å²) < 4.78 is 0. The highest BCUT2D eigenvalue weighted by molar-refractivity contribution is 5.95. The second-order valence-corrected chi connectivity index (χ2v) is 2.38. The third kappa shape index (κ3) is 0.955. The van der Waals surface area contributed by atoms with E-state index in [0.29, 0.717) is 0 Å². The van der Waals surface area contributed by atoms with Crippen LogP contribution in [0.4, 0.5) is 0 Å². The van der Waals surface area contributed by atoms with Crippen LogP contribution < -0.4 is 0 Å². The second-order valence-electron chi connectivity index (χ2n) is 2.38. The van der Waals surface area contributed by atoms with Crippen LogP contribution in [0.15, 0.2) is 30.5 Å². The predicted molar refractivity (Wildman–Crippen MR) is 44.3 cm³/mol. The average Bonchev–Trinajstić information content (AvgIpc) is 2.17. The van der Waals surface area contributed by atoms with Gasteiger partial charge in [0.15, 0.2) is 0 Å². The van der Waals surface area contributed by atoms with Crippen molar-refractivity contribution in [2.45, 2.75) is 0 Å². The molecule has 0 aliphatic heterocycles. The molecular weight excluding hydrogens is 152 g/mol. The summed E-state index contributed by atoms with van der Waals surface area (Å²) in [6.45, 7) is 0. The van der Waals surface area contributed by atoms with Gasteiger partial charge in [-0.2, -0.15) is 5.10 Å². The Kier molecular flexibility index (Phi) is 1.55. The third-order valence-electron chi connectivity index (χ3n) is 1.67. The number of aromatic nitrogens is 2. The fraction of sp³-hybridized carbons (Fsp3) is 0. The molecule has 12 heavy (non-hydrogen) atoms. The molecule has 0 amide bonds. The zero-order valence-corrected chi connectivity index (χ0v) is 6.19. The average molecular weight is 157 g/mol. The van der Waals surface area contributed by atoms with E-state index >= 15 is 0 Å². The molecule has 0 atom stereocenters. The van der Waals surface area contributed by atoms with Crippen LogP contribution >= 0.6 is 0 Å². The van der Waals surface area contributed by atoms with E-state index in [2.05, 4.69) is 10.2 Å². The van der Waals surface area contributed by atoms with Crippen LogP contribution in [0.5, 0.6) is 0 Å². The lowest BCUT2D eigenvalue weighted by Gasteiger charge is -1.95. The Morgan fingerprint density at radius 2 is 2.08 bits per heavy atom. The molecule has 1 aromatic heterocycles. The maximum atomic E-state index is 10.4. The summed E-state index contributed by atoms with van der Waals surface area (Å²) in [5.41, 5.74) is 0.271. The number of nitrogens with zero attached hydrogens (tertiary/aromatic N) is 2. The van der Waals surface area contributed by atoms with Gasteiger partial charge >= 0.3 is 0 Å². The number of carbonyl (C=O) groups excluding carboxylic acids is 1. The van der Waals surface area contributed by atoms with Crippen LogP contribution in [0.2, 0.25) is 0 Å². The molecule has 0 N–H and O–H groups in total. The number of benzene rings is 1. The van der Waals surface area contributed by atoms with Gasteiger partial charge in [0.1, 0.15) is 5.69 Å². The lowest BCUT2D eigenvalue weighted by Crippen LogP contribution is -1.91. The molecule has 3 nitrogen and oxygen atoms in total. The van der Waals surface area contributed by atoms with Crippen molar-refractivity contribution < 1.29 is 4.79 Å². The monoisotopic (exact) mass is 157 g/mol. The first-order chi connectivity index (χ1) is 5.92. The molecule has 0 aliphatic carbocycles. The fourth-order valence-corrected chi connectivity index (χ4v) is 1.10. The quantitative estimate of drug-likeness (QED) is 0.622. The minimum atomic E-state index is 0.271. The van der Waals surface area contributed by atoms with Crippen molar-refractivity contribution in [3.63, 3.8) is 0 Å². The largest absolute Gasteiger partial charge is 0.283 e. The van der Waals surface area contributed by atoms with Gasteiger partial charge in [0.25, 0.3) is 6.29 Å². The smallest absolute Gasteiger partial charge is 0.256 e. The lowest BCUT2D eigenvalue weighted by molar-refractivity contribution is 0.561. The minimum Gasteiger partial charge on any atom is -0.283 e. The molecule has 0 saturated carbocycles. The summed E-state index contributed by atoms with van der Waals surface area (Å²) in [7, 11) is 0. The molecule has 1 heterocycles. The van der Waals surface area contributed by atoms with E-state index < -0.39 is 0 Å². The lowest BCUT2D eigenvalue weighted by atomic mass is 10.1. The van der Waals surface area contributed by atoms with E-state index in [4.69, 9.17) is 0 Å². The maximum absolute atomic E-state index is 10.4. The van der Waals surface area contributed by atoms with Gasteiger partial charge in [0.2, 0.25) is 0 Å². The second kappa shape index (κ2) is 2.70. The molecule has 1 aromatic carbocycles. The summed E-state index contributed by atoms with van der Waals surface area (Å²) in [6, 6.07) is 7.44. The van der Waals surface area contributed by atoms with Crippen LogP contribution in [-0.2, 0) is 4.79 Å². The van der Waals surface area contributed by atoms with Gasteiger partial charge in [-0.15, -0.1) is 5.10 Å². The predicted octanol–water partition coefficient (Wildman–Crippen LogP) is 1.09. The van der Waals surface area contributed by atoms with Gasteiger partial charge in [-0.05, 0) is 0 Å². The van der Waals surface area contributed by atoms with Gasteiger partial charge in [-0.25, -0.2) is 0 Å². The Hall–Kier alpha value is -1.77. The van der Waals surface area contributed by atoms with Crippen LogP contribution in [-0.4, -0.2) is 16.5 Å². The first kappa shape index (κ1) is 6.91. The third-order valence-corrected chi connectivity index (χ3v) is 1.67. The van der Waals surface area contributed by atoms with Crippen LogP contribution in [0, 0.1) is 0 Å². The standard InChI is InChI=1S/C9H5N2O/c12-6-9-8-4-2-1-3-7(8)5-10-11-9/h1-5H. The highest BCUT2D eigenvalue weighted by Gasteiger charge is 2.00. The SMILES string of the molecule is O=[C]c1nncc2ccccc12.